The Balaban J connectivity index is 1.75. The minimum Gasteiger partial charge on any atom is -0.469 e. The van der Waals surface area contributed by atoms with Gasteiger partial charge in [-0.25, -0.2) is 0 Å². The van der Waals surface area contributed by atoms with E-state index in [9.17, 15) is 9.59 Å². The zero-order valence-corrected chi connectivity index (χ0v) is 14.0. The zero-order chi connectivity index (χ0) is 15.9. The Bertz CT molecular complexity index is 666. The number of rotatable bonds is 7. The van der Waals surface area contributed by atoms with Gasteiger partial charge in [-0.05, 0) is 31.0 Å². The molecule has 1 aromatic carbocycles. The molecule has 0 spiro atoms. The van der Waals surface area contributed by atoms with Gasteiger partial charge < -0.3 is 15.0 Å². The summed E-state index contributed by atoms with van der Waals surface area (Å²) >= 11 is 3.41. The maximum Gasteiger partial charge on any atom is 0.305 e. The van der Waals surface area contributed by atoms with Crippen LogP contribution in [0.3, 0.4) is 0 Å². The maximum absolute atomic E-state index is 12.1. The van der Waals surface area contributed by atoms with Gasteiger partial charge in [0.15, 0.2) is 0 Å². The fraction of sp³-hybridized carbons (Fsp3) is 0.375. The molecule has 0 aliphatic heterocycles. The van der Waals surface area contributed by atoms with E-state index in [1.165, 1.54) is 7.11 Å². The third kappa shape index (κ3) is 4.59. The molecule has 5 nitrogen and oxygen atoms in total. The van der Waals surface area contributed by atoms with Crippen molar-refractivity contribution >= 4 is 38.7 Å². The molecule has 2 N–H and O–H groups in total. The Morgan fingerprint density at radius 3 is 2.82 bits per heavy atom. The molecule has 22 heavy (non-hydrogen) atoms. The lowest BCUT2D eigenvalue weighted by atomic mass is 10.2. The topological polar surface area (TPSA) is 71.2 Å². The quantitative estimate of drug-likeness (QED) is 0.582. The first kappa shape index (κ1) is 16.5. The van der Waals surface area contributed by atoms with E-state index in [0.717, 1.165) is 34.6 Å². The lowest BCUT2D eigenvalue weighted by Gasteiger charge is -2.03. The fourth-order valence-corrected chi connectivity index (χ4v) is 2.55. The van der Waals surface area contributed by atoms with Crippen molar-refractivity contribution in [3.05, 3.63) is 34.4 Å². The molecule has 0 fully saturated rings. The van der Waals surface area contributed by atoms with E-state index in [1.54, 1.807) is 0 Å². The number of halogens is 1. The summed E-state index contributed by atoms with van der Waals surface area (Å²) < 4.78 is 5.55. The van der Waals surface area contributed by atoms with Crippen LogP contribution in [0.1, 0.15) is 36.2 Å². The molecule has 0 bridgehead atoms. The van der Waals surface area contributed by atoms with Crippen molar-refractivity contribution in [1.29, 1.82) is 0 Å². The molecule has 0 atom stereocenters. The molecule has 0 saturated heterocycles. The molecule has 6 heteroatoms. The summed E-state index contributed by atoms with van der Waals surface area (Å²) in [6.45, 7) is 0.596. The third-order valence-corrected chi connectivity index (χ3v) is 3.89. The van der Waals surface area contributed by atoms with E-state index < -0.39 is 0 Å². The number of carbonyl (C=O) groups is 2. The van der Waals surface area contributed by atoms with Crippen molar-refractivity contribution in [2.24, 2.45) is 0 Å². The van der Waals surface area contributed by atoms with Crippen LogP contribution in [0, 0.1) is 0 Å². The summed E-state index contributed by atoms with van der Waals surface area (Å²) in [5.41, 5.74) is 1.49. The van der Waals surface area contributed by atoms with Gasteiger partial charge >= 0.3 is 5.97 Å². The summed E-state index contributed by atoms with van der Waals surface area (Å²) in [6, 6.07) is 7.69. The van der Waals surface area contributed by atoms with E-state index >= 15 is 0 Å². The van der Waals surface area contributed by atoms with Gasteiger partial charge in [-0.3, -0.25) is 9.59 Å². The van der Waals surface area contributed by atoms with E-state index in [2.05, 4.69) is 31.0 Å². The number of esters is 1. The second kappa shape index (κ2) is 7.98. The minimum atomic E-state index is -0.187. The number of amides is 1. The highest BCUT2D eigenvalue weighted by molar-refractivity contribution is 9.10. The first-order valence-corrected chi connectivity index (χ1v) is 8.03. The van der Waals surface area contributed by atoms with Crippen LogP contribution in [-0.2, 0) is 9.53 Å². The molecule has 1 aromatic heterocycles. The van der Waals surface area contributed by atoms with Crippen molar-refractivity contribution < 1.29 is 14.3 Å². The largest absolute Gasteiger partial charge is 0.469 e. The van der Waals surface area contributed by atoms with Crippen LogP contribution < -0.4 is 5.32 Å². The van der Waals surface area contributed by atoms with Crippen LogP contribution in [0.4, 0.5) is 0 Å². The number of ether oxygens (including phenoxy) is 1. The second-order valence-electron chi connectivity index (χ2n) is 5.06. The molecule has 0 unspecified atom stereocenters. The van der Waals surface area contributed by atoms with Gasteiger partial charge in [-0.15, -0.1) is 0 Å². The SMILES string of the molecule is COC(=O)CCCCCNC(=O)c1cc2ccc(Br)cc2[nH]1. The Morgan fingerprint density at radius 1 is 1.23 bits per heavy atom. The van der Waals surface area contributed by atoms with Crippen LogP contribution in [-0.4, -0.2) is 30.5 Å². The van der Waals surface area contributed by atoms with Crippen LogP contribution in [0.5, 0.6) is 0 Å². The predicted octanol–water partition coefficient (Wildman–Crippen LogP) is 3.39. The first-order valence-electron chi connectivity index (χ1n) is 7.23. The van der Waals surface area contributed by atoms with E-state index in [0.29, 0.717) is 18.7 Å². The highest BCUT2D eigenvalue weighted by Gasteiger charge is 2.09. The van der Waals surface area contributed by atoms with Gasteiger partial charge in [-0.1, -0.05) is 28.4 Å². The summed E-state index contributed by atoms with van der Waals surface area (Å²) in [5, 5.41) is 3.88. The number of H-pyrrole nitrogens is 1. The number of unbranched alkanes of at least 4 members (excludes halogenated alkanes) is 2. The van der Waals surface area contributed by atoms with Crippen molar-refractivity contribution in [2.75, 3.05) is 13.7 Å². The summed E-state index contributed by atoms with van der Waals surface area (Å²) in [5.74, 6) is -0.298. The molecule has 1 heterocycles. The minimum absolute atomic E-state index is 0.111. The number of aromatic nitrogens is 1. The Morgan fingerprint density at radius 2 is 2.05 bits per heavy atom. The van der Waals surface area contributed by atoms with Crippen molar-refractivity contribution in [2.45, 2.75) is 25.7 Å². The highest BCUT2D eigenvalue weighted by Crippen LogP contribution is 2.20. The van der Waals surface area contributed by atoms with Crippen molar-refractivity contribution in [3.63, 3.8) is 0 Å². The molecule has 2 rings (SSSR count). The molecule has 1 amide bonds. The molecule has 2 aromatic rings. The van der Waals surface area contributed by atoms with Gasteiger partial charge in [0.05, 0.1) is 7.11 Å². The molecule has 118 valence electrons. The van der Waals surface area contributed by atoms with E-state index in [-0.39, 0.29) is 11.9 Å². The van der Waals surface area contributed by atoms with E-state index in [1.807, 2.05) is 24.3 Å². The van der Waals surface area contributed by atoms with Crippen LogP contribution in [0.2, 0.25) is 0 Å². The monoisotopic (exact) mass is 366 g/mol. The average Bonchev–Trinajstić information content (AvgIpc) is 2.93. The van der Waals surface area contributed by atoms with Crippen molar-refractivity contribution in [3.8, 4) is 0 Å². The van der Waals surface area contributed by atoms with Crippen LogP contribution >= 0.6 is 15.9 Å². The molecule has 0 saturated carbocycles. The number of aromatic amines is 1. The van der Waals surface area contributed by atoms with Gasteiger partial charge in [0, 0.05) is 28.3 Å². The highest BCUT2D eigenvalue weighted by atomic mass is 79.9. The lowest BCUT2D eigenvalue weighted by Crippen LogP contribution is -2.24. The van der Waals surface area contributed by atoms with Crippen molar-refractivity contribution in [1.82, 2.24) is 10.3 Å². The smallest absolute Gasteiger partial charge is 0.305 e. The van der Waals surface area contributed by atoms with Gasteiger partial charge in [0.2, 0.25) is 0 Å². The molecule has 0 radical (unpaired) electrons. The molecular weight excluding hydrogens is 348 g/mol. The number of carbonyl (C=O) groups excluding carboxylic acids is 2. The molecular formula is C16H19BrN2O3. The van der Waals surface area contributed by atoms with Crippen LogP contribution in [0.15, 0.2) is 28.7 Å². The number of fused-ring (bicyclic) bond motifs is 1. The third-order valence-electron chi connectivity index (χ3n) is 3.40. The molecule has 0 aliphatic carbocycles. The number of hydrogen-bond donors (Lipinski definition) is 2. The fourth-order valence-electron chi connectivity index (χ4n) is 2.19. The lowest BCUT2D eigenvalue weighted by molar-refractivity contribution is -0.140. The summed E-state index contributed by atoms with van der Waals surface area (Å²) in [6.07, 6.45) is 2.94. The average molecular weight is 367 g/mol. The zero-order valence-electron chi connectivity index (χ0n) is 12.4. The number of hydrogen-bond acceptors (Lipinski definition) is 3. The van der Waals surface area contributed by atoms with Gasteiger partial charge in [-0.2, -0.15) is 0 Å². The first-order chi connectivity index (χ1) is 10.6. The van der Waals surface area contributed by atoms with Crippen LogP contribution in [0.25, 0.3) is 10.9 Å². The second-order valence-corrected chi connectivity index (χ2v) is 5.97. The van der Waals surface area contributed by atoms with Gasteiger partial charge in [0.1, 0.15) is 5.69 Å². The summed E-state index contributed by atoms with van der Waals surface area (Å²) in [4.78, 5) is 26.1. The van der Waals surface area contributed by atoms with Gasteiger partial charge in [0.25, 0.3) is 5.91 Å². The van der Waals surface area contributed by atoms with E-state index in [4.69, 9.17) is 0 Å². The Labute approximate surface area is 137 Å². The normalized spacial score (nSPS) is 10.6. The standard InChI is InChI=1S/C16H19BrN2O3/c1-22-15(20)5-3-2-4-8-18-16(21)14-9-11-6-7-12(17)10-13(11)19-14/h6-7,9-10,19H,2-5,8H2,1H3,(H,18,21). The maximum atomic E-state index is 12.1. The number of methoxy groups -OCH3 is 1. The summed E-state index contributed by atoms with van der Waals surface area (Å²) in [7, 11) is 1.39. The Hall–Kier alpha value is -1.82. The number of benzene rings is 1. The Kier molecular flexibility index (Phi) is 6.00. The number of nitrogens with one attached hydrogen (secondary N) is 2. The molecule has 0 aliphatic rings. The predicted molar refractivity (Wildman–Crippen MR) is 88.8 cm³/mol.